The number of carbonyl (C=O) groups is 1. The Hall–Kier alpha value is -0.490. The zero-order valence-corrected chi connectivity index (χ0v) is 13.3. The highest BCUT2D eigenvalue weighted by molar-refractivity contribution is 14.1. The molecule has 100 valence electrons. The van der Waals surface area contributed by atoms with Gasteiger partial charge < -0.3 is 10.4 Å². The van der Waals surface area contributed by atoms with Crippen LogP contribution in [0, 0.1) is 9.49 Å². The number of alkyl halides is 1. The normalized spacial score (nSPS) is 12.5. The number of phenolic OH excluding ortho intramolecular Hbond substituents is 1. The van der Waals surface area contributed by atoms with Crippen LogP contribution in [0.5, 0.6) is 5.75 Å². The smallest absolute Gasteiger partial charge is 0.251 e. The van der Waals surface area contributed by atoms with E-state index in [1.807, 2.05) is 22.6 Å². The Morgan fingerprint density at radius 3 is 2.72 bits per heavy atom. The van der Waals surface area contributed by atoms with E-state index in [2.05, 4.69) is 19.2 Å². The van der Waals surface area contributed by atoms with Gasteiger partial charge in [0.05, 0.1) is 8.95 Å². The van der Waals surface area contributed by atoms with Crippen molar-refractivity contribution in [2.24, 2.45) is 5.92 Å². The predicted octanol–water partition coefficient (Wildman–Crippen LogP) is 3.38. The van der Waals surface area contributed by atoms with Gasteiger partial charge in [0.25, 0.3) is 5.91 Å². The number of carbonyl (C=O) groups excluding carboxylic acids is 1. The third-order valence-corrected chi connectivity index (χ3v) is 3.66. The summed E-state index contributed by atoms with van der Waals surface area (Å²) >= 11 is 8.11. The molecule has 0 heterocycles. The second kappa shape index (κ2) is 7.19. The van der Waals surface area contributed by atoms with Crippen LogP contribution in [-0.4, -0.2) is 22.9 Å². The lowest BCUT2D eigenvalue weighted by Crippen LogP contribution is -2.30. The summed E-state index contributed by atoms with van der Waals surface area (Å²) in [6.45, 7) is 4.62. The van der Waals surface area contributed by atoms with Crippen molar-refractivity contribution in [1.82, 2.24) is 5.32 Å². The van der Waals surface area contributed by atoms with Gasteiger partial charge in [-0.2, -0.15) is 0 Å². The highest BCUT2D eigenvalue weighted by Gasteiger charge is 2.11. The zero-order valence-electron chi connectivity index (χ0n) is 10.4. The lowest BCUT2D eigenvalue weighted by molar-refractivity contribution is 0.0952. The maximum atomic E-state index is 11.8. The second-order valence-electron chi connectivity index (χ2n) is 4.60. The fourth-order valence-corrected chi connectivity index (χ4v) is 2.32. The number of hydrogen-bond donors (Lipinski definition) is 2. The van der Waals surface area contributed by atoms with Crippen LogP contribution in [-0.2, 0) is 0 Å². The van der Waals surface area contributed by atoms with E-state index in [0.29, 0.717) is 18.0 Å². The van der Waals surface area contributed by atoms with E-state index in [1.54, 1.807) is 12.1 Å². The van der Waals surface area contributed by atoms with Crippen molar-refractivity contribution in [2.45, 2.75) is 25.6 Å². The number of hydrogen-bond acceptors (Lipinski definition) is 2. The van der Waals surface area contributed by atoms with Crippen LogP contribution in [0.3, 0.4) is 0 Å². The number of benzene rings is 1. The van der Waals surface area contributed by atoms with Crippen molar-refractivity contribution in [3.63, 3.8) is 0 Å². The predicted molar refractivity (Wildman–Crippen MR) is 82.3 cm³/mol. The number of amides is 1. The molecule has 0 saturated heterocycles. The number of rotatable bonds is 5. The molecule has 2 N–H and O–H groups in total. The van der Waals surface area contributed by atoms with E-state index in [4.69, 9.17) is 11.6 Å². The number of nitrogens with one attached hydrogen (secondary N) is 1. The maximum Gasteiger partial charge on any atom is 0.251 e. The Kier molecular flexibility index (Phi) is 6.21. The highest BCUT2D eigenvalue weighted by atomic mass is 127. The molecule has 1 aromatic carbocycles. The van der Waals surface area contributed by atoms with E-state index in [1.165, 1.54) is 6.07 Å². The summed E-state index contributed by atoms with van der Waals surface area (Å²) in [7, 11) is 0. The summed E-state index contributed by atoms with van der Waals surface area (Å²) in [5, 5.41) is 12.2. The van der Waals surface area contributed by atoms with Gasteiger partial charge >= 0.3 is 0 Å². The first kappa shape index (κ1) is 15.6. The Morgan fingerprint density at radius 2 is 2.17 bits per heavy atom. The topological polar surface area (TPSA) is 49.3 Å². The lowest BCUT2D eigenvalue weighted by Gasteiger charge is -2.13. The molecule has 1 rings (SSSR count). The van der Waals surface area contributed by atoms with Gasteiger partial charge in [0.2, 0.25) is 0 Å². The molecule has 0 radical (unpaired) electrons. The minimum absolute atomic E-state index is 0.0635. The van der Waals surface area contributed by atoms with Gasteiger partial charge in [-0.3, -0.25) is 4.79 Å². The number of aromatic hydroxyl groups is 1. The molecular formula is C13H17ClINO2. The summed E-state index contributed by atoms with van der Waals surface area (Å²) in [6, 6.07) is 4.85. The van der Waals surface area contributed by atoms with Gasteiger partial charge in [-0.05, 0) is 53.1 Å². The van der Waals surface area contributed by atoms with Crippen molar-refractivity contribution in [3.05, 3.63) is 27.3 Å². The highest BCUT2D eigenvalue weighted by Crippen LogP contribution is 2.20. The molecule has 0 saturated carbocycles. The van der Waals surface area contributed by atoms with Crippen LogP contribution in [0.2, 0.25) is 0 Å². The van der Waals surface area contributed by atoms with Crippen LogP contribution in [0.4, 0.5) is 0 Å². The molecule has 0 bridgehead atoms. The third kappa shape index (κ3) is 5.02. The SMILES string of the molecule is CC(C)CC(Cl)CNC(=O)c1ccc(I)c(O)c1. The van der Waals surface area contributed by atoms with E-state index in [0.717, 1.165) is 9.99 Å². The molecule has 1 aromatic rings. The molecular weight excluding hydrogens is 365 g/mol. The molecule has 18 heavy (non-hydrogen) atoms. The van der Waals surface area contributed by atoms with E-state index in [9.17, 15) is 9.90 Å². The number of phenols is 1. The van der Waals surface area contributed by atoms with Gasteiger partial charge in [-0.15, -0.1) is 11.6 Å². The first-order chi connectivity index (χ1) is 8.40. The molecule has 3 nitrogen and oxygen atoms in total. The fraction of sp³-hybridized carbons (Fsp3) is 0.462. The first-order valence-corrected chi connectivity index (χ1v) is 7.32. The minimum atomic E-state index is -0.212. The lowest BCUT2D eigenvalue weighted by atomic mass is 10.1. The molecule has 0 aromatic heterocycles. The molecule has 1 atom stereocenters. The molecule has 1 amide bonds. The van der Waals surface area contributed by atoms with Gasteiger partial charge in [0.1, 0.15) is 5.75 Å². The van der Waals surface area contributed by atoms with Crippen molar-refractivity contribution in [2.75, 3.05) is 6.54 Å². The van der Waals surface area contributed by atoms with Crippen molar-refractivity contribution in [1.29, 1.82) is 0 Å². The van der Waals surface area contributed by atoms with Crippen molar-refractivity contribution in [3.8, 4) is 5.75 Å². The Labute approximate surface area is 126 Å². The summed E-state index contributed by atoms with van der Waals surface area (Å²) in [4.78, 5) is 11.8. The third-order valence-electron chi connectivity index (χ3n) is 2.42. The maximum absolute atomic E-state index is 11.8. The minimum Gasteiger partial charge on any atom is -0.507 e. The average molecular weight is 382 g/mol. The van der Waals surface area contributed by atoms with Gasteiger partial charge in [0, 0.05) is 12.1 Å². The van der Waals surface area contributed by atoms with Crippen molar-refractivity contribution >= 4 is 40.1 Å². The summed E-state index contributed by atoms with van der Waals surface area (Å²) in [6.07, 6.45) is 0.861. The summed E-state index contributed by atoms with van der Waals surface area (Å²) < 4.78 is 0.721. The standard InChI is InChI=1S/C13H17ClINO2/c1-8(2)5-10(14)7-16-13(18)9-3-4-11(15)12(17)6-9/h3-4,6,8,10,17H,5,7H2,1-2H3,(H,16,18). The van der Waals surface area contributed by atoms with Crippen LogP contribution in [0.15, 0.2) is 18.2 Å². The van der Waals surface area contributed by atoms with Crippen LogP contribution >= 0.6 is 34.2 Å². The van der Waals surface area contributed by atoms with E-state index >= 15 is 0 Å². The fourth-order valence-electron chi connectivity index (χ4n) is 1.55. The summed E-state index contributed by atoms with van der Waals surface area (Å²) in [5.41, 5.74) is 0.446. The molecule has 0 spiro atoms. The average Bonchev–Trinajstić information content (AvgIpc) is 2.28. The molecule has 1 unspecified atom stereocenters. The van der Waals surface area contributed by atoms with Crippen LogP contribution in [0.1, 0.15) is 30.6 Å². The van der Waals surface area contributed by atoms with Crippen molar-refractivity contribution < 1.29 is 9.90 Å². The van der Waals surface area contributed by atoms with Crippen LogP contribution in [0.25, 0.3) is 0 Å². The second-order valence-corrected chi connectivity index (χ2v) is 6.38. The quantitative estimate of drug-likeness (QED) is 0.607. The first-order valence-electron chi connectivity index (χ1n) is 5.81. The Morgan fingerprint density at radius 1 is 1.50 bits per heavy atom. The number of halogens is 2. The monoisotopic (exact) mass is 381 g/mol. The molecule has 0 aliphatic heterocycles. The van der Waals surface area contributed by atoms with Gasteiger partial charge in [-0.25, -0.2) is 0 Å². The van der Waals surface area contributed by atoms with Gasteiger partial charge in [-0.1, -0.05) is 13.8 Å². The molecule has 5 heteroatoms. The summed E-state index contributed by atoms with van der Waals surface area (Å²) in [5.74, 6) is 0.413. The van der Waals surface area contributed by atoms with E-state index < -0.39 is 0 Å². The molecule has 0 aliphatic carbocycles. The zero-order chi connectivity index (χ0) is 13.7. The molecule has 0 aliphatic rings. The Balaban J connectivity index is 2.52. The largest absolute Gasteiger partial charge is 0.507 e. The molecule has 0 fully saturated rings. The van der Waals surface area contributed by atoms with E-state index in [-0.39, 0.29) is 17.0 Å². The Bertz CT molecular complexity index is 423. The van der Waals surface area contributed by atoms with Gasteiger partial charge in [0.15, 0.2) is 0 Å². The van der Waals surface area contributed by atoms with Crippen LogP contribution < -0.4 is 5.32 Å².